The van der Waals surface area contributed by atoms with E-state index in [1.165, 1.54) is 19.1 Å². The zero-order valence-corrected chi connectivity index (χ0v) is 13.2. The Bertz CT molecular complexity index is 741. The fourth-order valence-corrected chi connectivity index (χ4v) is 3.07. The molecule has 2 aromatic carbocycles. The van der Waals surface area contributed by atoms with Crippen LogP contribution >= 0.6 is 0 Å². The average molecular weight is 318 g/mol. The Balaban J connectivity index is 2.04. The van der Waals surface area contributed by atoms with Gasteiger partial charge in [0.25, 0.3) is 0 Å². The van der Waals surface area contributed by atoms with E-state index in [0.29, 0.717) is 5.69 Å². The highest BCUT2D eigenvalue weighted by Gasteiger charge is 2.21. The molecule has 5 nitrogen and oxygen atoms in total. The largest absolute Gasteiger partial charge is 0.325 e. The van der Waals surface area contributed by atoms with Gasteiger partial charge in [-0.1, -0.05) is 35.9 Å². The molecule has 0 aliphatic heterocycles. The molecule has 0 unspecified atom stereocenters. The predicted molar refractivity (Wildman–Crippen MR) is 86.0 cm³/mol. The van der Waals surface area contributed by atoms with Gasteiger partial charge in [0.2, 0.25) is 15.9 Å². The molecule has 0 fully saturated rings. The van der Waals surface area contributed by atoms with Crippen molar-refractivity contribution >= 4 is 21.6 Å². The third kappa shape index (κ3) is 4.16. The summed E-state index contributed by atoms with van der Waals surface area (Å²) in [6.45, 7) is 3.45. The Hall–Kier alpha value is -2.18. The van der Waals surface area contributed by atoms with Crippen molar-refractivity contribution in [2.45, 2.75) is 24.8 Å². The first-order valence-corrected chi connectivity index (χ1v) is 8.32. The molecule has 0 spiro atoms. The number of nitrogens with one attached hydrogen (secondary N) is 2. The summed E-state index contributed by atoms with van der Waals surface area (Å²) in [5.41, 5.74) is 1.71. The summed E-state index contributed by atoms with van der Waals surface area (Å²) in [5, 5.41) is 2.68. The SMILES string of the molecule is Cc1ccc(NC(=O)[C@H](C)NS(=O)(=O)c2ccccc2)cc1. The molecule has 1 atom stereocenters. The monoisotopic (exact) mass is 318 g/mol. The molecule has 22 heavy (non-hydrogen) atoms. The second-order valence-electron chi connectivity index (χ2n) is 5.01. The highest BCUT2D eigenvalue weighted by atomic mass is 32.2. The molecule has 0 bridgehead atoms. The van der Waals surface area contributed by atoms with Gasteiger partial charge in [-0.25, -0.2) is 8.42 Å². The van der Waals surface area contributed by atoms with Crippen LogP contribution in [0, 0.1) is 6.92 Å². The van der Waals surface area contributed by atoms with Gasteiger partial charge in [-0.3, -0.25) is 4.79 Å². The Morgan fingerprint density at radius 2 is 1.59 bits per heavy atom. The Labute approximate surface area is 130 Å². The van der Waals surface area contributed by atoms with Crippen molar-refractivity contribution in [1.82, 2.24) is 4.72 Å². The maximum Gasteiger partial charge on any atom is 0.242 e. The summed E-state index contributed by atoms with van der Waals surface area (Å²) < 4.78 is 26.7. The first-order valence-electron chi connectivity index (χ1n) is 6.83. The van der Waals surface area contributed by atoms with Crippen molar-refractivity contribution in [3.8, 4) is 0 Å². The molecule has 0 aliphatic rings. The number of anilines is 1. The molecule has 0 radical (unpaired) electrons. The van der Waals surface area contributed by atoms with E-state index in [0.717, 1.165) is 5.56 Å². The van der Waals surface area contributed by atoms with E-state index in [1.54, 1.807) is 30.3 Å². The van der Waals surface area contributed by atoms with Gasteiger partial charge in [-0.05, 0) is 38.1 Å². The van der Waals surface area contributed by atoms with Crippen molar-refractivity contribution in [3.05, 3.63) is 60.2 Å². The van der Waals surface area contributed by atoms with Crippen LogP contribution < -0.4 is 10.0 Å². The summed E-state index contributed by atoms with van der Waals surface area (Å²) in [6, 6.07) is 14.3. The van der Waals surface area contributed by atoms with E-state index in [9.17, 15) is 13.2 Å². The van der Waals surface area contributed by atoms with Gasteiger partial charge >= 0.3 is 0 Å². The molecular formula is C16H18N2O3S. The third-order valence-electron chi connectivity index (χ3n) is 3.10. The first kappa shape index (κ1) is 16.2. The Morgan fingerprint density at radius 1 is 1.00 bits per heavy atom. The van der Waals surface area contributed by atoms with Crippen LogP contribution in [0.25, 0.3) is 0 Å². The lowest BCUT2D eigenvalue weighted by atomic mass is 10.2. The smallest absolute Gasteiger partial charge is 0.242 e. The summed E-state index contributed by atoms with van der Waals surface area (Å²) in [6.07, 6.45) is 0. The minimum atomic E-state index is -3.71. The number of aryl methyl sites for hydroxylation is 1. The van der Waals surface area contributed by atoms with Crippen molar-refractivity contribution in [2.75, 3.05) is 5.32 Å². The van der Waals surface area contributed by atoms with Crippen LogP contribution in [-0.4, -0.2) is 20.4 Å². The average Bonchev–Trinajstić information content (AvgIpc) is 2.50. The van der Waals surface area contributed by atoms with Gasteiger partial charge < -0.3 is 5.32 Å². The number of carbonyl (C=O) groups excluding carboxylic acids is 1. The summed E-state index contributed by atoms with van der Waals surface area (Å²) in [7, 11) is -3.71. The molecule has 2 aromatic rings. The second kappa shape index (κ2) is 6.72. The Morgan fingerprint density at radius 3 is 2.18 bits per heavy atom. The molecule has 0 saturated carbocycles. The number of benzene rings is 2. The van der Waals surface area contributed by atoms with E-state index < -0.39 is 22.0 Å². The number of amides is 1. The standard InChI is InChI=1S/C16H18N2O3S/c1-12-8-10-14(11-9-12)17-16(19)13(2)18-22(20,21)15-6-4-3-5-7-15/h3-11,13,18H,1-2H3,(H,17,19)/t13-/m0/s1. The van der Waals surface area contributed by atoms with Crippen LogP contribution in [0.4, 0.5) is 5.69 Å². The molecule has 0 saturated heterocycles. The first-order chi connectivity index (χ1) is 10.4. The third-order valence-corrected chi connectivity index (χ3v) is 4.65. The highest BCUT2D eigenvalue weighted by molar-refractivity contribution is 7.89. The van der Waals surface area contributed by atoms with Crippen molar-refractivity contribution in [3.63, 3.8) is 0 Å². The number of rotatable bonds is 5. The minimum Gasteiger partial charge on any atom is -0.325 e. The van der Waals surface area contributed by atoms with Crippen LogP contribution in [0.2, 0.25) is 0 Å². The van der Waals surface area contributed by atoms with Gasteiger partial charge in [0.05, 0.1) is 10.9 Å². The number of hydrogen-bond donors (Lipinski definition) is 2. The highest BCUT2D eigenvalue weighted by Crippen LogP contribution is 2.11. The van der Waals surface area contributed by atoms with Crippen LogP contribution in [0.15, 0.2) is 59.5 Å². The predicted octanol–water partition coefficient (Wildman–Crippen LogP) is 2.30. The maximum atomic E-state index is 12.2. The van der Waals surface area contributed by atoms with E-state index in [4.69, 9.17) is 0 Å². The molecule has 116 valence electrons. The topological polar surface area (TPSA) is 75.3 Å². The molecule has 0 heterocycles. The van der Waals surface area contributed by atoms with Crippen LogP contribution in [-0.2, 0) is 14.8 Å². The van der Waals surface area contributed by atoms with E-state index in [1.807, 2.05) is 19.1 Å². The van der Waals surface area contributed by atoms with E-state index >= 15 is 0 Å². The fourth-order valence-electron chi connectivity index (χ4n) is 1.84. The molecule has 0 aromatic heterocycles. The van der Waals surface area contributed by atoms with Crippen molar-refractivity contribution in [2.24, 2.45) is 0 Å². The van der Waals surface area contributed by atoms with Gasteiger partial charge in [0, 0.05) is 5.69 Å². The zero-order chi connectivity index (χ0) is 16.2. The summed E-state index contributed by atoms with van der Waals surface area (Å²) >= 11 is 0. The molecule has 6 heteroatoms. The van der Waals surface area contributed by atoms with E-state index in [2.05, 4.69) is 10.0 Å². The van der Waals surface area contributed by atoms with Crippen molar-refractivity contribution < 1.29 is 13.2 Å². The fraction of sp³-hybridized carbons (Fsp3) is 0.188. The maximum absolute atomic E-state index is 12.2. The van der Waals surface area contributed by atoms with Crippen LogP contribution in [0.5, 0.6) is 0 Å². The minimum absolute atomic E-state index is 0.130. The lowest BCUT2D eigenvalue weighted by Gasteiger charge is -2.14. The lowest BCUT2D eigenvalue weighted by Crippen LogP contribution is -2.41. The molecule has 2 rings (SSSR count). The van der Waals surface area contributed by atoms with E-state index in [-0.39, 0.29) is 4.90 Å². The molecular weight excluding hydrogens is 300 g/mol. The molecule has 2 N–H and O–H groups in total. The summed E-state index contributed by atoms with van der Waals surface area (Å²) in [5.74, 6) is -0.414. The van der Waals surface area contributed by atoms with Crippen LogP contribution in [0.1, 0.15) is 12.5 Å². The Kier molecular flexibility index (Phi) is 4.95. The number of carbonyl (C=O) groups is 1. The van der Waals surface area contributed by atoms with Crippen molar-refractivity contribution in [1.29, 1.82) is 0 Å². The summed E-state index contributed by atoms with van der Waals surface area (Å²) in [4.78, 5) is 12.2. The zero-order valence-electron chi connectivity index (χ0n) is 12.4. The van der Waals surface area contributed by atoms with Crippen LogP contribution in [0.3, 0.4) is 0 Å². The quantitative estimate of drug-likeness (QED) is 0.888. The second-order valence-corrected chi connectivity index (χ2v) is 6.73. The van der Waals surface area contributed by atoms with Gasteiger partial charge in [-0.15, -0.1) is 0 Å². The normalized spacial score (nSPS) is 12.6. The lowest BCUT2D eigenvalue weighted by molar-refractivity contribution is -0.117. The van der Waals surface area contributed by atoms with Gasteiger partial charge in [-0.2, -0.15) is 4.72 Å². The number of sulfonamides is 1. The van der Waals surface area contributed by atoms with Gasteiger partial charge in [0.15, 0.2) is 0 Å². The van der Waals surface area contributed by atoms with Gasteiger partial charge in [0.1, 0.15) is 0 Å². The molecule has 1 amide bonds. The number of hydrogen-bond acceptors (Lipinski definition) is 3. The molecule has 0 aliphatic carbocycles.